The summed E-state index contributed by atoms with van der Waals surface area (Å²) in [5.41, 5.74) is 5.43. The molecule has 2 heteroatoms. The standard InChI is InChI=1S/C19H25NO/c1-14-5-11-18(15(2)13-14)19(20-3)12-8-16-6-9-17(21-4)10-7-16/h5-7,9-11,13,19-20H,8,12H2,1-4H3. The highest BCUT2D eigenvalue weighted by molar-refractivity contribution is 5.33. The lowest BCUT2D eigenvalue weighted by molar-refractivity contribution is 0.414. The summed E-state index contributed by atoms with van der Waals surface area (Å²) >= 11 is 0. The molecule has 1 N–H and O–H groups in total. The molecular weight excluding hydrogens is 258 g/mol. The lowest BCUT2D eigenvalue weighted by atomic mass is 9.94. The van der Waals surface area contributed by atoms with Gasteiger partial charge in [0.2, 0.25) is 0 Å². The normalized spacial score (nSPS) is 12.2. The minimum absolute atomic E-state index is 0.396. The molecule has 0 radical (unpaired) electrons. The highest BCUT2D eigenvalue weighted by Gasteiger charge is 2.11. The summed E-state index contributed by atoms with van der Waals surface area (Å²) in [6.07, 6.45) is 2.15. The van der Waals surface area contributed by atoms with Gasteiger partial charge in [0.1, 0.15) is 5.75 Å². The first kappa shape index (κ1) is 15.6. The van der Waals surface area contributed by atoms with Gasteiger partial charge in [-0.2, -0.15) is 0 Å². The van der Waals surface area contributed by atoms with E-state index in [1.807, 2.05) is 19.2 Å². The van der Waals surface area contributed by atoms with E-state index in [9.17, 15) is 0 Å². The van der Waals surface area contributed by atoms with Crippen LogP contribution in [0.5, 0.6) is 5.75 Å². The zero-order valence-electron chi connectivity index (χ0n) is 13.4. The molecule has 112 valence electrons. The number of aryl methyl sites for hydroxylation is 3. The molecule has 0 bridgehead atoms. The van der Waals surface area contributed by atoms with Crippen molar-refractivity contribution in [3.05, 3.63) is 64.7 Å². The van der Waals surface area contributed by atoms with Crippen LogP contribution in [-0.4, -0.2) is 14.2 Å². The molecule has 0 spiro atoms. The van der Waals surface area contributed by atoms with Gasteiger partial charge < -0.3 is 10.1 Å². The van der Waals surface area contributed by atoms with Gasteiger partial charge in [0.05, 0.1) is 7.11 Å². The van der Waals surface area contributed by atoms with Gasteiger partial charge in [0, 0.05) is 6.04 Å². The predicted molar refractivity (Wildman–Crippen MR) is 89.0 cm³/mol. The summed E-state index contributed by atoms with van der Waals surface area (Å²) in [6.45, 7) is 4.34. The van der Waals surface area contributed by atoms with Crippen LogP contribution in [0.1, 0.15) is 34.7 Å². The molecule has 1 atom stereocenters. The van der Waals surface area contributed by atoms with Gasteiger partial charge in [-0.15, -0.1) is 0 Å². The van der Waals surface area contributed by atoms with Crippen LogP contribution in [0, 0.1) is 13.8 Å². The van der Waals surface area contributed by atoms with Gasteiger partial charge in [-0.1, -0.05) is 35.9 Å². The summed E-state index contributed by atoms with van der Waals surface area (Å²) < 4.78 is 5.20. The first-order valence-corrected chi connectivity index (χ1v) is 7.51. The minimum Gasteiger partial charge on any atom is -0.497 e. The predicted octanol–water partition coefficient (Wildman–Crippen LogP) is 4.21. The zero-order chi connectivity index (χ0) is 15.2. The number of benzene rings is 2. The van der Waals surface area contributed by atoms with Crippen molar-refractivity contribution in [2.24, 2.45) is 0 Å². The highest BCUT2D eigenvalue weighted by atomic mass is 16.5. The molecule has 0 aliphatic heterocycles. The Labute approximate surface area is 128 Å². The summed E-state index contributed by atoms with van der Waals surface area (Å²) in [7, 11) is 3.74. The molecule has 21 heavy (non-hydrogen) atoms. The first-order valence-electron chi connectivity index (χ1n) is 7.51. The first-order chi connectivity index (χ1) is 10.1. The lowest BCUT2D eigenvalue weighted by Gasteiger charge is -2.19. The van der Waals surface area contributed by atoms with Crippen LogP contribution in [0.25, 0.3) is 0 Å². The average Bonchev–Trinajstić information content (AvgIpc) is 2.50. The Bertz CT molecular complexity index is 575. The Morgan fingerprint density at radius 1 is 1.05 bits per heavy atom. The molecule has 1 unspecified atom stereocenters. The molecule has 0 aliphatic carbocycles. The molecule has 2 nitrogen and oxygen atoms in total. The number of ether oxygens (including phenoxy) is 1. The molecule has 0 saturated heterocycles. The van der Waals surface area contributed by atoms with E-state index in [0.717, 1.165) is 18.6 Å². The van der Waals surface area contributed by atoms with Crippen LogP contribution in [0.2, 0.25) is 0 Å². The van der Waals surface area contributed by atoms with Crippen molar-refractivity contribution in [2.45, 2.75) is 32.7 Å². The van der Waals surface area contributed by atoms with Crippen molar-refractivity contribution < 1.29 is 4.74 Å². The van der Waals surface area contributed by atoms with E-state index in [2.05, 4.69) is 49.5 Å². The van der Waals surface area contributed by atoms with Crippen molar-refractivity contribution in [2.75, 3.05) is 14.2 Å². The Kier molecular flexibility index (Phi) is 5.40. The van der Waals surface area contributed by atoms with Gasteiger partial charge >= 0.3 is 0 Å². The molecular formula is C19H25NO. The molecule has 0 amide bonds. The highest BCUT2D eigenvalue weighted by Crippen LogP contribution is 2.23. The van der Waals surface area contributed by atoms with Crippen molar-refractivity contribution in [3.63, 3.8) is 0 Å². The van der Waals surface area contributed by atoms with E-state index in [4.69, 9.17) is 4.74 Å². The van der Waals surface area contributed by atoms with E-state index in [-0.39, 0.29) is 0 Å². The van der Waals surface area contributed by atoms with Crippen LogP contribution < -0.4 is 10.1 Å². The van der Waals surface area contributed by atoms with Crippen molar-refractivity contribution in [3.8, 4) is 5.75 Å². The van der Waals surface area contributed by atoms with Gasteiger partial charge in [0.25, 0.3) is 0 Å². The number of rotatable bonds is 6. The summed E-state index contributed by atoms with van der Waals surface area (Å²) in [5, 5.41) is 3.45. The molecule has 0 heterocycles. The Hall–Kier alpha value is -1.80. The summed E-state index contributed by atoms with van der Waals surface area (Å²) in [4.78, 5) is 0. The fourth-order valence-corrected chi connectivity index (χ4v) is 2.78. The molecule has 0 fully saturated rings. The molecule has 2 aromatic carbocycles. The topological polar surface area (TPSA) is 21.3 Å². The Balaban J connectivity index is 2.04. The maximum Gasteiger partial charge on any atom is 0.118 e. The Morgan fingerprint density at radius 3 is 2.33 bits per heavy atom. The summed E-state index contributed by atoms with van der Waals surface area (Å²) in [6, 6.07) is 15.4. The number of methoxy groups -OCH3 is 1. The lowest BCUT2D eigenvalue weighted by Crippen LogP contribution is -2.18. The van der Waals surface area contributed by atoms with Crippen LogP contribution in [0.3, 0.4) is 0 Å². The second-order valence-corrected chi connectivity index (χ2v) is 5.59. The van der Waals surface area contributed by atoms with Crippen LogP contribution in [0.15, 0.2) is 42.5 Å². The van der Waals surface area contributed by atoms with Crippen molar-refractivity contribution >= 4 is 0 Å². The maximum atomic E-state index is 5.20. The van der Waals surface area contributed by atoms with Crippen molar-refractivity contribution in [1.82, 2.24) is 5.32 Å². The minimum atomic E-state index is 0.396. The zero-order valence-corrected chi connectivity index (χ0v) is 13.4. The van der Waals surface area contributed by atoms with Crippen molar-refractivity contribution in [1.29, 1.82) is 0 Å². The largest absolute Gasteiger partial charge is 0.497 e. The van der Waals surface area contributed by atoms with Gasteiger partial charge in [-0.3, -0.25) is 0 Å². The average molecular weight is 283 g/mol. The smallest absolute Gasteiger partial charge is 0.118 e. The van der Waals surface area contributed by atoms with Crippen LogP contribution >= 0.6 is 0 Å². The monoisotopic (exact) mass is 283 g/mol. The third-order valence-electron chi connectivity index (χ3n) is 4.03. The van der Waals surface area contributed by atoms with E-state index in [1.54, 1.807) is 7.11 Å². The number of hydrogen-bond donors (Lipinski definition) is 1. The van der Waals surface area contributed by atoms with E-state index in [0.29, 0.717) is 6.04 Å². The SMILES string of the molecule is CNC(CCc1ccc(OC)cc1)c1ccc(C)cc1C. The fourth-order valence-electron chi connectivity index (χ4n) is 2.78. The van der Waals surface area contributed by atoms with Gasteiger partial charge in [-0.25, -0.2) is 0 Å². The number of hydrogen-bond acceptors (Lipinski definition) is 2. The molecule has 2 rings (SSSR count). The Morgan fingerprint density at radius 2 is 1.76 bits per heavy atom. The van der Waals surface area contributed by atoms with E-state index >= 15 is 0 Å². The van der Waals surface area contributed by atoms with E-state index in [1.165, 1.54) is 22.3 Å². The molecule has 0 aromatic heterocycles. The molecule has 0 saturated carbocycles. The molecule has 2 aromatic rings. The second kappa shape index (κ2) is 7.28. The van der Waals surface area contributed by atoms with Crippen LogP contribution in [0.4, 0.5) is 0 Å². The second-order valence-electron chi connectivity index (χ2n) is 5.59. The van der Waals surface area contributed by atoms with E-state index < -0.39 is 0 Å². The summed E-state index contributed by atoms with van der Waals surface area (Å²) in [5.74, 6) is 0.915. The fraction of sp³-hybridized carbons (Fsp3) is 0.368. The van der Waals surface area contributed by atoms with Gasteiger partial charge in [-0.05, 0) is 62.6 Å². The van der Waals surface area contributed by atoms with Crippen LogP contribution in [-0.2, 0) is 6.42 Å². The molecule has 0 aliphatic rings. The third-order valence-corrected chi connectivity index (χ3v) is 4.03. The van der Waals surface area contributed by atoms with Gasteiger partial charge in [0.15, 0.2) is 0 Å². The quantitative estimate of drug-likeness (QED) is 0.857. The number of nitrogens with one attached hydrogen (secondary N) is 1. The third kappa shape index (κ3) is 4.08. The maximum absolute atomic E-state index is 5.20.